The maximum Gasteiger partial charge on any atom is 0.422 e. The predicted octanol–water partition coefficient (Wildman–Crippen LogP) is 1.07. The Kier molecular flexibility index (Phi) is 3.72. The van der Waals surface area contributed by atoms with Crippen molar-refractivity contribution >= 4 is 11.8 Å². The van der Waals surface area contributed by atoms with Gasteiger partial charge in [0.1, 0.15) is 0 Å². The Morgan fingerprint density at radius 2 is 1.83 bits per heavy atom. The average molecular weight is 184 g/mol. The highest BCUT2D eigenvalue weighted by molar-refractivity contribution is 6.33. The van der Waals surface area contributed by atoms with Gasteiger partial charge in [-0.25, -0.2) is 4.79 Å². The van der Waals surface area contributed by atoms with Crippen LogP contribution < -0.4 is 0 Å². The second-order valence-electron chi connectivity index (χ2n) is 1.97. The van der Waals surface area contributed by atoms with Crippen LogP contribution in [0.5, 0.6) is 0 Å². The lowest BCUT2D eigenvalue weighted by atomic mass is 10.3. The molecule has 0 atom stereocenters. The predicted molar refractivity (Wildman–Crippen MR) is 32.3 cm³/mol. The van der Waals surface area contributed by atoms with Crippen LogP contribution in [-0.4, -0.2) is 24.5 Å². The number of Topliss-reactive ketones (excluding diaryl/α,β-unsaturated/α-hetero) is 1. The van der Waals surface area contributed by atoms with Crippen LogP contribution in [0.4, 0.5) is 13.2 Å². The zero-order valence-electron chi connectivity index (χ0n) is 6.27. The molecule has 0 bridgehead atoms. The molecule has 0 N–H and O–H groups in total. The quantitative estimate of drug-likeness (QED) is 0.486. The molecule has 0 saturated heterocycles. The summed E-state index contributed by atoms with van der Waals surface area (Å²) >= 11 is 0. The van der Waals surface area contributed by atoms with Crippen molar-refractivity contribution in [2.24, 2.45) is 0 Å². The van der Waals surface area contributed by atoms with Crippen LogP contribution in [0.2, 0.25) is 0 Å². The molecule has 0 aromatic carbocycles. The van der Waals surface area contributed by atoms with E-state index in [1.165, 1.54) is 6.92 Å². The van der Waals surface area contributed by atoms with E-state index in [1.807, 2.05) is 0 Å². The van der Waals surface area contributed by atoms with E-state index in [2.05, 4.69) is 4.74 Å². The summed E-state index contributed by atoms with van der Waals surface area (Å²) in [6, 6.07) is 0. The van der Waals surface area contributed by atoms with Crippen LogP contribution in [0.15, 0.2) is 0 Å². The minimum absolute atomic E-state index is 0.156. The Labute approximate surface area is 66.5 Å². The largest absolute Gasteiger partial charge is 0.450 e. The van der Waals surface area contributed by atoms with Crippen LogP contribution in [0.25, 0.3) is 0 Å². The van der Waals surface area contributed by atoms with Crippen molar-refractivity contribution in [3.05, 3.63) is 0 Å². The second-order valence-corrected chi connectivity index (χ2v) is 1.97. The fourth-order valence-corrected chi connectivity index (χ4v) is 0.372. The smallest absolute Gasteiger partial charge is 0.422 e. The Bertz CT molecular complexity index is 185. The zero-order chi connectivity index (χ0) is 9.78. The molecule has 70 valence electrons. The molecule has 12 heavy (non-hydrogen) atoms. The van der Waals surface area contributed by atoms with E-state index in [0.29, 0.717) is 0 Å². The van der Waals surface area contributed by atoms with E-state index < -0.39 is 24.5 Å². The molecule has 0 aliphatic carbocycles. The van der Waals surface area contributed by atoms with Gasteiger partial charge in [0.05, 0.1) is 0 Å². The standard InChI is InChI=1S/C6H7F3O3/c1-2-4(10)5(11)12-3-6(7,8)9/h2-3H2,1H3. The van der Waals surface area contributed by atoms with Gasteiger partial charge in [0, 0.05) is 6.42 Å². The minimum atomic E-state index is -4.58. The monoisotopic (exact) mass is 184 g/mol. The number of hydrogen-bond donors (Lipinski definition) is 0. The van der Waals surface area contributed by atoms with Gasteiger partial charge in [-0.05, 0) is 0 Å². The lowest BCUT2D eigenvalue weighted by Crippen LogP contribution is -2.24. The normalized spacial score (nSPS) is 11.0. The van der Waals surface area contributed by atoms with E-state index in [4.69, 9.17) is 0 Å². The average Bonchev–Trinajstić information content (AvgIpc) is 1.97. The lowest BCUT2D eigenvalue weighted by molar-refractivity contribution is -0.187. The number of rotatable bonds is 3. The SMILES string of the molecule is CCC(=O)C(=O)OCC(F)(F)F. The third-order valence-electron chi connectivity index (χ3n) is 0.916. The van der Waals surface area contributed by atoms with Crippen molar-refractivity contribution in [3.8, 4) is 0 Å². The van der Waals surface area contributed by atoms with Crippen LogP contribution in [0, 0.1) is 0 Å². The highest BCUT2D eigenvalue weighted by Gasteiger charge is 2.30. The number of ketones is 1. The summed E-state index contributed by atoms with van der Waals surface area (Å²) < 4.78 is 37.8. The van der Waals surface area contributed by atoms with Crippen molar-refractivity contribution in [1.82, 2.24) is 0 Å². The summed E-state index contributed by atoms with van der Waals surface area (Å²) in [4.78, 5) is 20.7. The molecule has 3 nitrogen and oxygen atoms in total. The molecule has 0 heterocycles. The van der Waals surface area contributed by atoms with Gasteiger partial charge in [0.25, 0.3) is 0 Å². The van der Waals surface area contributed by atoms with Gasteiger partial charge in [0.2, 0.25) is 5.78 Å². The maximum atomic E-state index is 11.4. The minimum Gasteiger partial charge on any atom is -0.450 e. The van der Waals surface area contributed by atoms with E-state index in [9.17, 15) is 22.8 Å². The highest BCUT2D eigenvalue weighted by Crippen LogP contribution is 2.14. The van der Waals surface area contributed by atoms with E-state index >= 15 is 0 Å². The summed E-state index contributed by atoms with van der Waals surface area (Å²) in [7, 11) is 0. The maximum absolute atomic E-state index is 11.4. The Balaban J connectivity index is 3.80. The fraction of sp³-hybridized carbons (Fsp3) is 0.667. The molecule has 0 aromatic rings. The van der Waals surface area contributed by atoms with Crippen molar-refractivity contribution in [2.45, 2.75) is 19.5 Å². The highest BCUT2D eigenvalue weighted by atomic mass is 19.4. The third-order valence-corrected chi connectivity index (χ3v) is 0.916. The molecular formula is C6H7F3O3. The molecule has 0 aliphatic heterocycles. The molecule has 0 rings (SSSR count). The summed E-state index contributed by atoms with van der Waals surface area (Å²) in [6.07, 6.45) is -4.74. The van der Waals surface area contributed by atoms with Gasteiger partial charge in [0.15, 0.2) is 6.61 Å². The molecule has 0 saturated carbocycles. The first-order valence-electron chi connectivity index (χ1n) is 3.13. The van der Waals surface area contributed by atoms with Crippen LogP contribution in [0.3, 0.4) is 0 Å². The summed E-state index contributed by atoms with van der Waals surface area (Å²) in [5, 5.41) is 0. The Morgan fingerprint density at radius 1 is 1.33 bits per heavy atom. The number of ether oxygens (including phenoxy) is 1. The summed E-state index contributed by atoms with van der Waals surface area (Å²) in [5.41, 5.74) is 0. The molecule has 0 amide bonds. The topological polar surface area (TPSA) is 43.4 Å². The number of hydrogen-bond acceptors (Lipinski definition) is 3. The Hall–Kier alpha value is -1.07. The van der Waals surface area contributed by atoms with Gasteiger partial charge in [-0.15, -0.1) is 0 Å². The number of carbonyl (C=O) groups excluding carboxylic acids is 2. The first kappa shape index (κ1) is 10.9. The lowest BCUT2D eigenvalue weighted by Gasteiger charge is -2.05. The van der Waals surface area contributed by atoms with Gasteiger partial charge in [-0.3, -0.25) is 4.79 Å². The second kappa shape index (κ2) is 4.08. The van der Waals surface area contributed by atoms with Crippen molar-refractivity contribution in [3.63, 3.8) is 0 Å². The number of esters is 1. The molecule has 0 unspecified atom stereocenters. The van der Waals surface area contributed by atoms with Crippen molar-refractivity contribution in [1.29, 1.82) is 0 Å². The number of carbonyl (C=O) groups is 2. The van der Waals surface area contributed by atoms with Crippen molar-refractivity contribution < 1.29 is 27.5 Å². The molecule has 0 radical (unpaired) electrons. The van der Waals surface area contributed by atoms with E-state index in [0.717, 1.165) is 0 Å². The first-order valence-corrected chi connectivity index (χ1v) is 3.13. The summed E-state index contributed by atoms with van der Waals surface area (Å²) in [5.74, 6) is -2.39. The zero-order valence-corrected chi connectivity index (χ0v) is 6.27. The molecule has 0 fully saturated rings. The van der Waals surface area contributed by atoms with Gasteiger partial charge < -0.3 is 4.74 Å². The molecule has 0 spiro atoms. The van der Waals surface area contributed by atoms with E-state index in [1.54, 1.807) is 0 Å². The van der Waals surface area contributed by atoms with Crippen LogP contribution in [0.1, 0.15) is 13.3 Å². The molecule has 6 heteroatoms. The molecule has 0 aromatic heterocycles. The third kappa shape index (κ3) is 4.70. The summed E-state index contributed by atoms with van der Waals surface area (Å²) in [6.45, 7) is -0.352. The van der Waals surface area contributed by atoms with Gasteiger partial charge >= 0.3 is 12.1 Å². The first-order chi connectivity index (χ1) is 5.37. The Morgan fingerprint density at radius 3 is 2.17 bits per heavy atom. The van der Waals surface area contributed by atoms with Gasteiger partial charge in [-0.2, -0.15) is 13.2 Å². The number of alkyl halides is 3. The fourth-order valence-electron chi connectivity index (χ4n) is 0.372. The van der Waals surface area contributed by atoms with Crippen molar-refractivity contribution in [2.75, 3.05) is 6.61 Å². The number of halogens is 3. The molecule has 0 aliphatic rings. The van der Waals surface area contributed by atoms with Crippen LogP contribution >= 0.6 is 0 Å². The van der Waals surface area contributed by atoms with E-state index in [-0.39, 0.29) is 6.42 Å². The van der Waals surface area contributed by atoms with Crippen LogP contribution in [-0.2, 0) is 14.3 Å². The molecular weight excluding hydrogens is 177 g/mol. The van der Waals surface area contributed by atoms with Gasteiger partial charge in [-0.1, -0.05) is 6.92 Å².